The first kappa shape index (κ1) is 9.83. The molecule has 0 N–H and O–H groups in total. The maximum Gasteiger partial charge on any atom is -0.0348 e. The Labute approximate surface area is 77.1 Å². The van der Waals surface area contributed by atoms with Crippen molar-refractivity contribution in [1.82, 2.24) is 0 Å². The van der Waals surface area contributed by atoms with E-state index in [1.807, 2.05) is 0 Å². The molecule has 0 bridgehead atoms. The van der Waals surface area contributed by atoms with E-state index in [2.05, 4.69) is 26.0 Å². The molecule has 0 aromatic heterocycles. The van der Waals surface area contributed by atoms with Gasteiger partial charge in [0.15, 0.2) is 0 Å². The monoisotopic (exact) mass is 166 g/mol. The van der Waals surface area contributed by atoms with Crippen LogP contribution in [0.1, 0.15) is 52.4 Å². The van der Waals surface area contributed by atoms with Crippen molar-refractivity contribution in [3.63, 3.8) is 0 Å². The Morgan fingerprint density at radius 1 is 1.00 bits per heavy atom. The van der Waals surface area contributed by atoms with Gasteiger partial charge in [0.2, 0.25) is 0 Å². The average molecular weight is 166 g/mol. The first-order valence-electron chi connectivity index (χ1n) is 5.45. The second-order valence-corrected chi connectivity index (χ2v) is 4.34. The Kier molecular flexibility index (Phi) is 4.42. The molecule has 1 rings (SSSR count). The van der Waals surface area contributed by atoms with E-state index in [0.29, 0.717) is 0 Å². The van der Waals surface area contributed by atoms with Crippen LogP contribution in [-0.4, -0.2) is 0 Å². The van der Waals surface area contributed by atoms with E-state index >= 15 is 0 Å². The van der Waals surface area contributed by atoms with Crippen LogP contribution in [0.15, 0.2) is 12.2 Å². The summed E-state index contributed by atoms with van der Waals surface area (Å²) in [6.45, 7) is 4.73. The fourth-order valence-corrected chi connectivity index (χ4v) is 2.03. The highest BCUT2D eigenvalue weighted by Gasteiger charge is 2.12. The second-order valence-electron chi connectivity index (χ2n) is 4.34. The average Bonchev–Trinajstić information content (AvgIpc) is 2.15. The molecule has 70 valence electrons. The molecule has 1 aliphatic rings. The highest BCUT2D eigenvalue weighted by molar-refractivity contribution is 4.84. The topological polar surface area (TPSA) is 0 Å². The van der Waals surface area contributed by atoms with Crippen molar-refractivity contribution in [2.75, 3.05) is 0 Å². The molecule has 1 atom stereocenters. The number of allylic oxidation sites excluding steroid dienone is 2. The Bertz CT molecular complexity index is 133. The Morgan fingerprint density at radius 2 is 1.75 bits per heavy atom. The number of hydrogen-bond donors (Lipinski definition) is 0. The van der Waals surface area contributed by atoms with Gasteiger partial charge in [0.05, 0.1) is 0 Å². The van der Waals surface area contributed by atoms with Gasteiger partial charge < -0.3 is 0 Å². The maximum atomic E-state index is 2.38. The van der Waals surface area contributed by atoms with Crippen molar-refractivity contribution in [2.24, 2.45) is 11.8 Å². The summed E-state index contributed by atoms with van der Waals surface area (Å²) in [6.07, 6.45) is 13.1. The lowest BCUT2D eigenvalue weighted by Crippen LogP contribution is -2.07. The van der Waals surface area contributed by atoms with Crippen molar-refractivity contribution in [3.8, 4) is 0 Å². The first-order chi connectivity index (χ1) is 5.80. The molecule has 0 radical (unpaired) electrons. The van der Waals surface area contributed by atoms with Gasteiger partial charge in [-0.1, -0.05) is 38.8 Å². The zero-order valence-electron chi connectivity index (χ0n) is 8.55. The first-order valence-corrected chi connectivity index (χ1v) is 5.45. The van der Waals surface area contributed by atoms with Gasteiger partial charge in [0.1, 0.15) is 0 Å². The summed E-state index contributed by atoms with van der Waals surface area (Å²) in [5.41, 5.74) is 0. The second kappa shape index (κ2) is 5.40. The molecule has 0 aromatic carbocycles. The van der Waals surface area contributed by atoms with E-state index in [0.717, 1.165) is 11.8 Å². The summed E-state index contributed by atoms with van der Waals surface area (Å²) < 4.78 is 0. The Morgan fingerprint density at radius 3 is 2.50 bits per heavy atom. The van der Waals surface area contributed by atoms with Gasteiger partial charge in [-0.15, -0.1) is 0 Å². The van der Waals surface area contributed by atoms with Crippen molar-refractivity contribution in [3.05, 3.63) is 12.2 Å². The van der Waals surface area contributed by atoms with Crippen LogP contribution < -0.4 is 0 Å². The maximum absolute atomic E-state index is 2.38. The molecule has 0 saturated carbocycles. The molecule has 12 heavy (non-hydrogen) atoms. The third-order valence-electron chi connectivity index (χ3n) is 3.01. The van der Waals surface area contributed by atoms with Crippen LogP contribution >= 0.6 is 0 Å². The van der Waals surface area contributed by atoms with Crippen LogP contribution in [0.2, 0.25) is 0 Å². The molecular formula is C12H22. The van der Waals surface area contributed by atoms with Crippen molar-refractivity contribution in [2.45, 2.75) is 52.4 Å². The summed E-state index contributed by atoms with van der Waals surface area (Å²) in [5, 5.41) is 0. The predicted octanol–water partition coefficient (Wildman–Crippen LogP) is 4.17. The van der Waals surface area contributed by atoms with E-state index < -0.39 is 0 Å². The molecule has 0 heteroatoms. The zero-order valence-corrected chi connectivity index (χ0v) is 8.55. The summed E-state index contributed by atoms with van der Waals surface area (Å²) in [6, 6.07) is 0. The fraction of sp³-hybridized carbons (Fsp3) is 0.833. The lowest BCUT2D eigenvalue weighted by Gasteiger charge is -2.19. The molecule has 0 aliphatic heterocycles. The number of rotatable bonds is 1. The molecule has 0 spiro atoms. The summed E-state index contributed by atoms with van der Waals surface area (Å²) in [7, 11) is 0. The molecular weight excluding hydrogens is 144 g/mol. The van der Waals surface area contributed by atoms with E-state index in [4.69, 9.17) is 0 Å². The van der Waals surface area contributed by atoms with Crippen LogP contribution in [0.5, 0.6) is 0 Å². The third kappa shape index (κ3) is 3.42. The van der Waals surface area contributed by atoms with Gasteiger partial charge in [-0.25, -0.2) is 0 Å². The Balaban J connectivity index is 2.36. The highest BCUT2D eigenvalue weighted by Crippen LogP contribution is 2.25. The largest absolute Gasteiger partial charge is 0.0885 e. The van der Waals surface area contributed by atoms with Crippen LogP contribution in [0.25, 0.3) is 0 Å². The van der Waals surface area contributed by atoms with Gasteiger partial charge >= 0.3 is 0 Å². The summed E-state index contributed by atoms with van der Waals surface area (Å²) >= 11 is 0. The van der Waals surface area contributed by atoms with Crippen LogP contribution in [0.4, 0.5) is 0 Å². The minimum Gasteiger partial charge on any atom is -0.0885 e. The van der Waals surface area contributed by atoms with Crippen molar-refractivity contribution >= 4 is 0 Å². The quantitative estimate of drug-likeness (QED) is 0.513. The minimum atomic E-state index is 0.886. The van der Waals surface area contributed by atoms with Crippen LogP contribution in [0, 0.1) is 11.8 Å². The van der Waals surface area contributed by atoms with Gasteiger partial charge in [-0.3, -0.25) is 0 Å². The van der Waals surface area contributed by atoms with Gasteiger partial charge in [-0.2, -0.15) is 0 Å². The van der Waals surface area contributed by atoms with E-state index in [-0.39, 0.29) is 0 Å². The summed E-state index contributed by atoms with van der Waals surface area (Å²) in [4.78, 5) is 0. The molecule has 0 fully saturated rings. The molecule has 0 aromatic rings. The number of hydrogen-bond acceptors (Lipinski definition) is 0. The SMILES string of the molecule is CC(C)C1CC/C=C/CCCC1. The highest BCUT2D eigenvalue weighted by atomic mass is 14.2. The van der Waals surface area contributed by atoms with Crippen LogP contribution in [-0.2, 0) is 0 Å². The van der Waals surface area contributed by atoms with E-state index in [1.54, 1.807) is 0 Å². The van der Waals surface area contributed by atoms with Crippen molar-refractivity contribution < 1.29 is 0 Å². The fourth-order valence-electron chi connectivity index (χ4n) is 2.03. The van der Waals surface area contributed by atoms with Gasteiger partial charge in [0, 0.05) is 0 Å². The molecule has 0 heterocycles. The van der Waals surface area contributed by atoms with E-state index in [1.165, 1.54) is 38.5 Å². The van der Waals surface area contributed by atoms with Gasteiger partial charge in [0.25, 0.3) is 0 Å². The normalized spacial score (nSPS) is 29.1. The summed E-state index contributed by atoms with van der Waals surface area (Å²) in [5.74, 6) is 1.87. The lowest BCUT2D eigenvalue weighted by atomic mass is 9.87. The smallest absolute Gasteiger partial charge is 0.0348 e. The molecule has 0 saturated heterocycles. The third-order valence-corrected chi connectivity index (χ3v) is 3.01. The standard InChI is InChI=1S/C12H22/c1-11(2)12-9-7-5-3-4-6-8-10-12/h3,5,11-12H,4,6-10H2,1-2H3/b5-3+. The zero-order chi connectivity index (χ0) is 8.81. The molecule has 1 unspecified atom stereocenters. The van der Waals surface area contributed by atoms with Gasteiger partial charge in [-0.05, 0) is 37.5 Å². The van der Waals surface area contributed by atoms with Crippen molar-refractivity contribution in [1.29, 1.82) is 0 Å². The van der Waals surface area contributed by atoms with E-state index in [9.17, 15) is 0 Å². The lowest BCUT2D eigenvalue weighted by molar-refractivity contribution is 0.330. The van der Waals surface area contributed by atoms with Crippen LogP contribution in [0.3, 0.4) is 0 Å². The molecule has 0 amide bonds. The molecule has 1 aliphatic carbocycles. The molecule has 0 nitrogen and oxygen atoms in total. The predicted molar refractivity (Wildman–Crippen MR) is 55.2 cm³/mol. The minimum absolute atomic E-state index is 0.886. The Hall–Kier alpha value is -0.260.